The van der Waals surface area contributed by atoms with E-state index in [4.69, 9.17) is 10.8 Å². The lowest BCUT2D eigenvalue weighted by Gasteiger charge is -2.12. The van der Waals surface area contributed by atoms with E-state index >= 15 is 0 Å². The molecule has 0 unspecified atom stereocenters. The topological polar surface area (TPSA) is 88.2 Å². The minimum absolute atomic E-state index is 0.170. The first-order valence-electron chi connectivity index (χ1n) is 5.43. The maximum absolute atomic E-state index is 11.1. The molecule has 0 atom stereocenters. The second kappa shape index (κ2) is 5.18. The van der Waals surface area contributed by atoms with Crippen molar-refractivity contribution in [2.45, 2.75) is 6.54 Å². The van der Waals surface area contributed by atoms with Gasteiger partial charge in [-0.25, -0.2) is 4.79 Å². The Balaban J connectivity index is 2.21. The van der Waals surface area contributed by atoms with Crippen LogP contribution >= 0.6 is 0 Å². The Morgan fingerprint density at radius 2 is 2.00 bits per heavy atom. The number of nitrogens with one attached hydrogen (secondary N) is 1. The van der Waals surface area contributed by atoms with Gasteiger partial charge in [0.05, 0.1) is 16.9 Å². The largest absolute Gasteiger partial charge is 0.478 e. The minimum Gasteiger partial charge on any atom is -0.478 e. The average Bonchev–Trinajstić information content (AvgIpc) is 2.38. The molecule has 0 saturated carbocycles. The van der Waals surface area contributed by atoms with E-state index < -0.39 is 5.97 Å². The van der Waals surface area contributed by atoms with Gasteiger partial charge in [0.15, 0.2) is 0 Å². The molecule has 4 N–H and O–H groups in total. The van der Waals surface area contributed by atoms with Crippen LogP contribution < -0.4 is 11.1 Å². The van der Waals surface area contributed by atoms with Crippen LogP contribution in [0.3, 0.4) is 0 Å². The van der Waals surface area contributed by atoms with Gasteiger partial charge in [-0.3, -0.25) is 4.98 Å². The molecule has 0 aliphatic heterocycles. The number of carboxylic acids is 1. The number of nitrogens with two attached hydrogens (primary N) is 1. The fourth-order valence-electron chi connectivity index (χ4n) is 1.64. The molecule has 18 heavy (non-hydrogen) atoms. The van der Waals surface area contributed by atoms with Crippen LogP contribution in [-0.2, 0) is 6.54 Å². The highest BCUT2D eigenvalue weighted by Gasteiger charge is 2.11. The Hall–Kier alpha value is -2.56. The van der Waals surface area contributed by atoms with Gasteiger partial charge in [0.25, 0.3) is 0 Å². The van der Waals surface area contributed by atoms with E-state index in [1.54, 1.807) is 24.5 Å². The minimum atomic E-state index is -1.00. The summed E-state index contributed by atoms with van der Waals surface area (Å²) < 4.78 is 0. The molecule has 92 valence electrons. The van der Waals surface area contributed by atoms with Crippen molar-refractivity contribution < 1.29 is 9.90 Å². The van der Waals surface area contributed by atoms with Gasteiger partial charge < -0.3 is 16.2 Å². The lowest BCUT2D eigenvalue weighted by Crippen LogP contribution is -2.08. The molecule has 0 radical (unpaired) electrons. The molecule has 0 bridgehead atoms. The van der Waals surface area contributed by atoms with Crippen molar-refractivity contribution in [2.24, 2.45) is 0 Å². The summed E-state index contributed by atoms with van der Waals surface area (Å²) >= 11 is 0. The van der Waals surface area contributed by atoms with E-state index in [9.17, 15) is 4.79 Å². The second-order valence-electron chi connectivity index (χ2n) is 3.78. The van der Waals surface area contributed by atoms with Crippen LogP contribution in [0, 0.1) is 0 Å². The Morgan fingerprint density at radius 1 is 1.28 bits per heavy atom. The second-order valence-corrected chi connectivity index (χ2v) is 3.78. The molecule has 0 amide bonds. The lowest BCUT2D eigenvalue weighted by atomic mass is 10.1. The average molecular weight is 243 g/mol. The summed E-state index contributed by atoms with van der Waals surface area (Å²) in [4.78, 5) is 15.0. The van der Waals surface area contributed by atoms with Crippen LogP contribution in [0.2, 0.25) is 0 Å². The van der Waals surface area contributed by atoms with Gasteiger partial charge in [0.1, 0.15) is 0 Å². The monoisotopic (exact) mass is 243 g/mol. The Kier molecular flexibility index (Phi) is 3.43. The lowest BCUT2D eigenvalue weighted by molar-refractivity contribution is 0.0698. The number of hydrogen-bond donors (Lipinski definition) is 3. The number of nitrogens with zero attached hydrogens (tertiary/aromatic N) is 1. The summed E-state index contributed by atoms with van der Waals surface area (Å²) in [6.07, 6.45) is 3.37. The molecule has 0 fully saturated rings. The number of benzene rings is 1. The van der Waals surface area contributed by atoms with E-state index in [-0.39, 0.29) is 5.56 Å². The van der Waals surface area contributed by atoms with Crippen LogP contribution in [0.4, 0.5) is 11.4 Å². The molecule has 1 heterocycles. The van der Waals surface area contributed by atoms with Gasteiger partial charge in [0, 0.05) is 18.9 Å². The number of anilines is 2. The molecule has 0 aliphatic carbocycles. The number of pyridine rings is 1. The number of nitrogen functional groups attached to an aromatic ring is 1. The van der Waals surface area contributed by atoms with Crippen LogP contribution in [0.5, 0.6) is 0 Å². The quantitative estimate of drug-likeness (QED) is 0.714. The van der Waals surface area contributed by atoms with E-state index in [2.05, 4.69) is 10.3 Å². The zero-order valence-electron chi connectivity index (χ0n) is 9.63. The molecule has 5 heteroatoms. The highest BCUT2D eigenvalue weighted by Crippen LogP contribution is 2.24. The maximum Gasteiger partial charge on any atom is 0.337 e. The molecule has 0 saturated heterocycles. The van der Waals surface area contributed by atoms with Crippen LogP contribution in [0.25, 0.3) is 0 Å². The number of rotatable bonds is 4. The smallest absolute Gasteiger partial charge is 0.337 e. The van der Waals surface area contributed by atoms with Crippen LogP contribution in [0.15, 0.2) is 42.7 Å². The van der Waals surface area contributed by atoms with Crippen molar-refractivity contribution >= 4 is 17.3 Å². The fourth-order valence-corrected chi connectivity index (χ4v) is 1.64. The van der Waals surface area contributed by atoms with Crippen molar-refractivity contribution in [2.75, 3.05) is 11.1 Å². The third kappa shape index (κ3) is 2.57. The first kappa shape index (κ1) is 11.9. The molecular weight excluding hydrogens is 230 g/mol. The van der Waals surface area contributed by atoms with Crippen molar-refractivity contribution in [1.29, 1.82) is 0 Å². The third-order valence-corrected chi connectivity index (χ3v) is 2.55. The normalized spacial score (nSPS) is 10.0. The number of carbonyl (C=O) groups is 1. The van der Waals surface area contributed by atoms with Gasteiger partial charge in [0.2, 0.25) is 0 Å². The molecule has 0 spiro atoms. The van der Waals surface area contributed by atoms with Gasteiger partial charge in [-0.2, -0.15) is 0 Å². The predicted octanol–water partition coefficient (Wildman–Crippen LogP) is 1.97. The van der Waals surface area contributed by atoms with Crippen molar-refractivity contribution in [3.63, 3.8) is 0 Å². The summed E-state index contributed by atoms with van der Waals surface area (Å²) in [6, 6.07) is 8.52. The number of aromatic nitrogens is 1. The van der Waals surface area contributed by atoms with Gasteiger partial charge in [-0.05, 0) is 29.8 Å². The Bertz CT molecular complexity index is 555. The molecule has 5 nitrogen and oxygen atoms in total. The molecule has 2 aromatic rings. The summed E-state index contributed by atoms with van der Waals surface area (Å²) in [6.45, 7) is 0.497. The van der Waals surface area contributed by atoms with Crippen LogP contribution in [0.1, 0.15) is 15.9 Å². The van der Waals surface area contributed by atoms with Crippen molar-refractivity contribution in [1.82, 2.24) is 4.98 Å². The number of aromatic carboxylic acids is 1. The SMILES string of the molecule is Nc1cccc(C(=O)O)c1NCc1ccncc1. The zero-order chi connectivity index (χ0) is 13.0. The molecule has 1 aromatic heterocycles. The number of carboxylic acid groups (broad SMARTS) is 1. The van der Waals surface area contributed by atoms with Gasteiger partial charge in [-0.1, -0.05) is 6.07 Å². The Morgan fingerprint density at radius 3 is 2.67 bits per heavy atom. The summed E-state index contributed by atoms with van der Waals surface area (Å²) in [5.41, 5.74) is 7.83. The summed E-state index contributed by atoms with van der Waals surface area (Å²) in [7, 11) is 0. The molecule has 1 aromatic carbocycles. The van der Waals surface area contributed by atoms with Gasteiger partial charge in [-0.15, -0.1) is 0 Å². The molecule has 2 rings (SSSR count). The third-order valence-electron chi connectivity index (χ3n) is 2.55. The van der Waals surface area contributed by atoms with E-state index in [1.165, 1.54) is 6.07 Å². The van der Waals surface area contributed by atoms with E-state index in [0.717, 1.165) is 5.56 Å². The standard InChI is InChI=1S/C13H13N3O2/c14-11-3-1-2-10(13(17)18)12(11)16-8-9-4-6-15-7-5-9/h1-7,16H,8,14H2,(H,17,18). The van der Waals surface area contributed by atoms with Crippen molar-refractivity contribution in [3.05, 3.63) is 53.9 Å². The van der Waals surface area contributed by atoms with Crippen LogP contribution in [-0.4, -0.2) is 16.1 Å². The molecule has 0 aliphatic rings. The highest BCUT2D eigenvalue weighted by molar-refractivity contribution is 5.97. The first-order chi connectivity index (χ1) is 8.68. The Labute approximate surface area is 104 Å². The maximum atomic E-state index is 11.1. The predicted molar refractivity (Wildman–Crippen MR) is 69.4 cm³/mol. The highest BCUT2D eigenvalue weighted by atomic mass is 16.4. The first-order valence-corrected chi connectivity index (χ1v) is 5.43. The van der Waals surface area contributed by atoms with E-state index in [0.29, 0.717) is 17.9 Å². The number of para-hydroxylation sites is 1. The number of hydrogen-bond acceptors (Lipinski definition) is 4. The summed E-state index contributed by atoms with van der Waals surface area (Å²) in [5.74, 6) is -1.00. The zero-order valence-corrected chi connectivity index (χ0v) is 9.63. The fraction of sp³-hybridized carbons (Fsp3) is 0.0769. The van der Waals surface area contributed by atoms with Gasteiger partial charge >= 0.3 is 5.97 Å². The molecular formula is C13H13N3O2. The summed E-state index contributed by atoms with van der Waals surface area (Å²) in [5, 5.41) is 12.1. The van der Waals surface area contributed by atoms with Crippen molar-refractivity contribution in [3.8, 4) is 0 Å². The van der Waals surface area contributed by atoms with E-state index in [1.807, 2.05) is 12.1 Å².